The summed E-state index contributed by atoms with van der Waals surface area (Å²) in [6.45, 7) is 8.51. The van der Waals surface area contributed by atoms with Crippen molar-refractivity contribution in [3.8, 4) is 22.9 Å². The number of hydrogen-bond acceptors (Lipinski definition) is 5. The molecule has 2 heterocycles. The maximum Gasteiger partial charge on any atom is 0.320 e. The Balaban J connectivity index is 1.34. The number of rotatable bonds is 7. The van der Waals surface area contributed by atoms with Gasteiger partial charge < -0.3 is 14.8 Å². The normalized spacial score (nSPS) is 11.4. The predicted molar refractivity (Wildman–Crippen MR) is 152 cm³/mol. The van der Waals surface area contributed by atoms with Crippen LogP contribution in [0, 0.1) is 6.92 Å². The number of hydrogen-bond donors (Lipinski definition) is 3. The number of urea groups is 1. The number of H-pyrrole nitrogens is 1. The first-order chi connectivity index (χ1) is 18.7. The number of anilines is 1. The smallest absolute Gasteiger partial charge is 0.320 e. The molecule has 0 unspecified atom stereocenters. The third kappa shape index (κ3) is 5.72. The molecule has 0 saturated carbocycles. The van der Waals surface area contributed by atoms with Crippen molar-refractivity contribution >= 4 is 22.8 Å². The number of amides is 2. The van der Waals surface area contributed by atoms with Crippen LogP contribution in [-0.2, 0) is 12.0 Å². The van der Waals surface area contributed by atoms with Gasteiger partial charge in [0.25, 0.3) is 0 Å². The molecule has 0 radical (unpaired) electrons. The molecule has 39 heavy (non-hydrogen) atoms. The molecule has 5 rings (SSSR count). The molecule has 2 aromatic heterocycles. The average molecular weight is 525 g/mol. The van der Waals surface area contributed by atoms with E-state index in [2.05, 4.69) is 41.6 Å². The van der Waals surface area contributed by atoms with E-state index < -0.39 is 0 Å². The Labute approximate surface area is 227 Å². The fourth-order valence-electron chi connectivity index (χ4n) is 4.18. The van der Waals surface area contributed by atoms with Gasteiger partial charge in [0.1, 0.15) is 28.8 Å². The Morgan fingerprint density at radius 1 is 1.03 bits per heavy atom. The third-order valence-electron chi connectivity index (χ3n) is 6.33. The number of carbonyl (C=O) groups is 1. The SMILES string of the molecule is COc1cc(C)ccc1-n1nc(C(C)(C)C)cc1NC(=O)NCc1ccccc1Oc1ccc2[nH]ncc2c1. The Hall–Kier alpha value is -4.79. The molecule has 200 valence electrons. The van der Waals surface area contributed by atoms with Gasteiger partial charge in [0.2, 0.25) is 0 Å². The predicted octanol–water partition coefficient (Wildman–Crippen LogP) is 6.48. The van der Waals surface area contributed by atoms with Crippen molar-refractivity contribution in [1.82, 2.24) is 25.3 Å². The van der Waals surface area contributed by atoms with Gasteiger partial charge in [-0.15, -0.1) is 0 Å². The average Bonchev–Trinajstić information content (AvgIpc) is 3.55. The molecule has 0 bridgehead atoms. The molecular weight excluding hydrogens is 492 g/mol. The summed E-state index contributed by atoms with van der Waals surface area (Å²) in [5, 5.41) is 18.7. The number of nitrogens with zero attached hydrogens (tertiary/aromatic N) is 3. The summed E-state index contributed by atoms with van der Waals surface area (Å²) in [4.78, 5) is 13.1. The number of fused-ring (bicyclic) bond motifs is 1. The quantitative estimate of drug-likeness (QED) is 0.226. The molecule has 2 amide bonds. The Bertz CT molecular complexity index is 1630. The zero-order valence-electron chi connectivity index (χ0n) is 22.7. The highest BCUT2D eigenvalue weighted by Gasteiger charge is 2.23. The molecule has 3 aromatic carbocycles. The molecular formula is C30H32N6O3. The van der Waals surface area contributed by atoms with Crippen LogP contribution in [0.3, 0.4) is 0 Å². The van der Waals surface area contributed by atoms with Crippen molar-refractivity contribution in [2.75, 3.05) is 12.4 Å². The molecule has 0 atom stereocenters. The van der Waals surface area contributed by atoms with Gasteiger partial charge in [0, 0.05) is 29.0 Å². The van der Waals surface area contributed by atoms with Crippen LogP contribution in [0.25, 0.3) is 16.6 Å². The zero-order valence-corrected chi connectivity index (χ0v) is 22.7. The summed E-state index contributed by atoms with van der Waals surface area (Å²) >= 11 is 0. The molecule has 0 saturated heterocycles. The highest BCUT2D eigenvalue weighted by molar-refractivity contribution is 5.89. The fourth-order valence-corrected chi connectivity index (χ4v) is 4.18. The highest BCUT2D eigenvalue weighted by Crippen LogP contribution is 2.31. The summed E-state index contributed by atoms with van der Waals surface area (Å²) in [7, 11) is 1.62. The number of benzene rings is 3. The maximum absolute atomic E-state index is 13.1. The van der Waals surface area contributed by atoms with Crippen LogP contribution in [0.5, 0.6) is 17.2 Å². The van der Waals surface area contributed by atoms with Gasteiger partial charge in [-0.25, -0.2) is 9.48 Å². The van der Waals surface area contributed by atoms with Crippen molar-refractivity contribution < 1.29 is 14.3 Å². The number of aromatic nitrogens is 4. The topological polar surface area (TPSA) is 106 Å². The molecule has 0 spiro atoms. The minimum absolute atomic E-state index is 0.216. The van der Waals surface area contributed by atoms with Crippen molar-refractivity contribution in [2.45, 2.75) is 39.7 Å². The Morgan fingerprint density at radius 3 is 2.64 bits per heavy atom. The van der Waals surface area contributed by atoms with Crippen LogP contribution >= 0.6 is 0 Å². The maximum atomic E-state index is 13.1. The monoisotopic (exact) mass is 524 g/mol. The second-order valence-electron chi connectivity index (χ2n) is 10.4. The number of aromatic amines is 1. The van der Waals surface area contributed by atoms with Gasteiger partial charge in [-0.2, -0.15) is 10.2 Å². The minimum Gasteiger partial charge on any atom is -0.494 e. The van der Waals surface area contributed by atoms with Gasteiger partial charge in [0.15, 0.2) is 0 Å². The first kappa shape index (κ1) is 25.8. The Kier molecular flexibility index (Phi) is 6.98. The van der Waals surface area contributed by atoms with Crippen molar-refractivity contribution in [3.63, 3.8) is 0 Å². The summed E-state index contributed by atoms with van der Waals surface area (Å²) in [5.41, 5.74) is 4.20. The first-order valence-corrected chi connectivity index (χ1v) is 12.7. The lowest BCUT2D eigenvalue weighted by Crippen LogP contribution is -2.29. The van der Waals surface area contributed by atoms with Crippen molar-refractivity contribution in [3.05, 3.63) is 89.7 Å². The molecule has 0 aliphatic carbocycles. The summed E-state index contributed by atoms with van der Waals surface area (Å²) in [5.74, 6) is 2.55. The second-order valence-corrected chi connectivity index (χ2v) is 10.4. The van der Waals surface area contributed by atoms with Crippen molar-refractivity contribution in [1.29, 1.82) is 0 Å². The van der Waals surface area contributed by atoms with E-state index in [0.717, 1.165) is 33.4 Å². The van der Waals surface area contributed by atoms with Crippen LogP contribution in [0.4, 0.5) is 10.6 Å². The third-order valence-corrected chi connectivity index (χ3v) is 6.33. The van der Waals surface area contributed by atoms with E-state index in [0.29, 0.717) is 23.1 Å². The van der Waals surface area contributed by atoms with Gasteiger partial charge in [0.05, 0.1) is 24.5 Å². The van der Waals surface area contributed by atoms with E-state index in [-0.39, 0.29) is 18.0 Å². The fraction of sp³-hybridized carbons (Fsp3) is 0.233. The van der Waals surface area contributed by atoms with Crippen molar-refractivity contribution in [2.24, 2.45) is 0 Å². The lowest BCUT2D eigenvalue weighted by Gasteiger charge is -2.15. The molecule has 9 heteroatoms. The molecule has 3 N–H and O–H groups in total. The van der Waals surface area contributed by atoms with Gasteiger partial charge >= 0.3 is 6.03 Å². The van der Waals surface area contributed by atoms with E-state index in [1.54, 1.807) is 18.0 Å². The van der Waals surface area contributed by atoms with E-state index >= 15 is 0 Å². The molecule has 0 fully saturated rings. The number of aryl methyl sites for hydroxylation is 1. The van der Waals surface area contributed by atoms with E-state index in [1.165, 1.54) is 0 Å². The molecule has 5 aromatic rings. The van der Waals surface area contributed by atoms with Gasteiger partial charge in [-0.1, -0.05) is 45.0 Å². The number of methoxy groups -OCH3 is 1. The number of nitrogens with one attached hydrogen (secondary N) is 3. The molecule has 9 nitrogen and oxygen atoms in total. The summed E-state index contributed by atoms with van der Waals surface area (Å²) in [6, 6.07) is 20.7. The molecule has 0 aliphatic rings. The van der Waals surface area contributed by atoms with E-state index in [1.807, 2.05) is 73.7 Å². The standard InChI is InChI=1S/C30H32N6O3/c1-19-10-13-24(26(14-19)38-5)36-28(16-27(35-36)30(2,3)4)33-29(37)31-17-20-8-6-7-9-25(20)39-22-11-12-23-21(15-22)18-32-34-23/h6-16,18H,17H2,1-5H3,(H,32,34)(H2,31,33,37). The van der Waals surface area contributed by atoms with Crippen LogP contribution in [0.2, 0.25) is 0 Å². The zero-order chi connectivity index (χ0) is 27.6. The second kappa shape index (κ2) is 10.5. The Morgan fingerprint density at radius 2 is 1.85 bits per heavy atom. The number of carbonyl (C=O) groups excluding carboxylic acids is 1. The lowest BCUT2D eigenvalue weighted by molar-refractivity contribution is 0.251. The molecule has 0 aliphatic heterocycles. The van der Waals surface area contributed by atoms with Gasteiger partial charge in [-0.3, -0.25) is 10.4 Å². The lowest BCUT2D eigenvalue weighted by atomic mass is 9.92. The number of ether oxygens (including phenoxy) is 2. The van der Waals surface area contributed by atoms with Crippen LogP contribution in [-0.4, -0.2) is 33.1 Å². The van der Waals surface area contributed by atoms with Crippen LogP contribution in [0.15, 0.2) is 72.9 Å². The largest absolute Gasteiger partial charge is 0.494 e. The minimum atomic E-state index is -0.364. The van der Waals surface area contributed by atoms with Crippen LogP contribution in [0.1, 0.15) is 37.6 Å². The van der Waals surface area contributed by atoms with Crippen LogP contribution < -0.4 is 20.1 Å². The first-order valence-electron chi connectivity index (χ1n) is 12.7. The summed E-state index contributed by atoms with van der Waals surface area (Å²) < 4.78 is 13.5. The van der Waals surface area contributed by atoms with Gasteiger partial charge in [-0.05, 0) is 48.9 Å². The van der Waals surface area contributed by atoms with E-state index in [9.17, 15) is 4.79 Å². The van der Waals surface area contributed by atoms with E-state index in [4.69, 9.17) is 14.6 Å². The summed E-state index contributed by atoms with van der Waals surface area (Å²) in [6.07, 6.45) is 1.75. The highest BCUT2D eigenvalue weighted by atomic mass is 16.5. The number of para-hydroxylation sites is 1.